The number of anilines is 1. The molecule has 3 aromatic carbocycles. The number of carbonyl (C=O) groups excluding carboxylic acids is 1. The van der Waals surface area contributed by atoms with Gasteiger partial charge in [0.25, 0.3) is 0 Å². The number of rotatable bonds is 5. The predicted molar refractivity (Wildman–Crippen MR) is 123 cm³/mol. The number of carbonyl (C=O) groups is 1. The van der Waals surface area contributed by atoms with E-state index in [0.717, 1.165) is 5.56 Å². The highest BCUT2D eigenvalue weighted by Crippen LogP contribution is 2.36. The lowest BCUT2D eigenvalue weighted by Gasteiger charge is -2.04. The summed E-state index contributed by atoms with van der Waals surface area (Å²) in [6.07, 6.45) is 0. The lowest BCUT2D eigenvalue weighted by atomic mass is 10.1. The summed E-state index contributed by atoms with van der Waals surface area (Å²) in [6, 6.07) is 18.9. The third-order valence-electron chi connectivity index (χ3n) is 4.68. The smallest absolute Gasteiger partial charge is 0.342 e. The van der Waals surface area contributed by atoms with E-state index in [0.29, 0.717) is 39.2 Å². The molecule has 168 valence electrons. The van der Waals surface area contributed by atoms with Crippen LogP contribution < -0.4 is 15.9 Å². The molecule has 0 aliphatic heterocycles. The fourth-order valence-electron chi connectivity index (χ4n) is 3.09. The first-order valence-corrected chi connectivity index (χ1v) is 11.4. The maximum absolute atomic E-state index is 11.6. The van der Waals surface area contributed by atoms with Gasteiger partial charge < -0.3 is 9.73 Å². The monoisotopic (exact) mass is 484 g/mol. The number of primary sulfonamides is 1. The number of hydroxylamine groups is 1. The number of benzene rings is 3. The number of aromatic nitrogens is 1. The number of hydrogen-bond acceptors (Lipinski definition) is 6. The minimum Gasteiger partial charge on any atom is -0.435 e. The van der Waals surface area contributed by atoms with Gasteiger partial charge in [0.05, 0.1) is 4.90 Å². The third kappa shape index (κ3) is 5.04. The van der Waals surface area contributed by atoms with Crippen molar-refractivity contribution in [1.82, 2.24) is 10.5 Å². The minimum absolute atomic E-state index is 0.0194. The number of urea groups is 1. The Morgan fingerprint density at radius 1 is 0.909 bits per heavy atom. The van der Waals surface area contributed by atoms with Gasteiger partial charge >= 0.3 is 6.03 Å². The molecule has 1 aromatic heterocycles. The molecular formula is C22H17ClN4O5S. The summed E-state index contributed by atoms with van der Waals surface area (Å²) >= 11 is 6.02. The maximum atomic E-state index is 11.6. The van der Waals surface area contributed by atoms with Crippen LogP contribution >= 0.6 is 11.6 Å². The number of amides is 2. The highest BCUT2D eigenvalue weighted by atomic mass is 35.5. The van der Waals surface area contributed by atoms with Crippen molar-refractivity contribution in [3.05, 3.63) is 77.8 Å². The van der Waals surface area contributed by atoms with Gasteiger partial charge in [0.1, 0.15) is 5.69 Å². The van der Waals surface area contributed by atoms with Gasteiger partial charge in [-0.25, -0.2) is 28.8 Å². The molecular weight excluding hydrogens is 468 g/mol. The van der Waals surface area contributed by atoms with Gasteiger partial charge in [-0.3, -0.25) is 5.21 Å². The highest BCUT2D eigenvalue weighted by molar-refractivity contribution is 7.89. The minimum atomic E-state index is -3.83. The number of halogens is 1. The maximum Gasteiger partial charge on any atom is 0.342 e. The second kappa shape index (κ2) is 9.04. The van der Waals surface area contributed by atoms with Gasteiger partial charge in [-0.1, -0.05) is 23.7 Å². The zero-order valence-electron chi connectivity index (χ0n) is 16.8. The van der Waals surface area contributed by atoms with Gasteiger partial charge in [0.15, 0.2) is 5.76 Å². The number of nitrogens with one attached hydrogen (secondary N) is 2. The van der Waals surface area contributed by atoms with E-state index in [4.69, 9.17) is 26.4 Å². The largest absolute Gasteiger partial charge is 0.435 e. The van der Waals surface area contributed by atoms with Gasteiger partial charge in [-0.05, 0) is 60.7 Å². The lowest BCUT2D eigenvalue weighted by Crippen LogP contribution is -2.24. The summed E-state index contributed by atoms with van der Waals surface area (Å²) in [5, 5.41) is 16.8. The zero-order valence-corrected chi connectivity index (χ0v) is 18.4. The van der Waals surface area contributed by atoms with E-state index in [1.807, 2.05) is 0 Å². The van der Waals surface area contributed by atoms with Crippen LogP contribution in [0.15, 0.2) is 82.1 Å². The Labute approximate surface area is 193 Å². The normalized spacial score (nSPS) is 11.2. The average Bonchev–Trinajstić information content (AvgIpc) is 3.25. The van der Waals surface area contributed by atoms with E-state index in [-0.39, 0.29) is 4.90 Å². The molecule has 0 atom stereocenters. The molecule has 4 aromatic rings. The average molecular weight is 485 g/mol. The van der Waals surface area contributed by atoms with Crippen LogP contribution in [-0.4, -0.2) is 24.6 Å². The third-order valence-corrected chi connectivity index (χ3v) is 5.86. The standard InChI is InChI=1S/C22H17ClN4O5S/c23-16-7-1-13(2-8-16)19-20(14-5-11-18(12-6-14)33(24,30)31)32-21(26-19)15-3-9-17(10-4-15)25-22(28)27-29/h1-12,29H,(H2,24,30,31)(H2,25,27,28). The van der Waals surface area contributed by atoms with Crippen molar-refractivity contribution in [3.63, 3.8) is 0 Å². The molecule has 0 aliphatic carbocycles. The summed E-state index contributed by atoms with van der Waals surface area (Å²) in [6.45, 7) is 0. The quantitative estimate of drug-likeness (QED) is 0.242. The van der Waals surface area contributed by atoms with Crippen molar-refractivity contribution >= 4 is 33.3 Å². The van der Waals surface area contributed by atoms with E-state index in [2.05, 4.69) is 10.3 Å². The number of hydrogen-bond donors (Lipinski definition) is 4. The van der Waals surface area contributed by atoms with Crippen LogP contribution in [0.2, 0.25) is 5.02 Å². The number of nitrogens with zero attached hydrogens (tertiary/aromatic N) is 1. The van der Waals surface area contributed by atoms with Crippen LogP contribution in [0.25, 0.3) is 34.0 Å². The van der Waals surface area contributed by atoms with Crippen molar-refractivity contribution < 1.29 is 22.8 Å². The van der Waals surface area contributed by atoms with Crippen LogP contribution in [0.5, 0.6) is 0 Å². The second-order valence-electron chi connectivity index (χ2n) is 6.92. The highest BCUT2D eigenvalue weighted by Gasteiger charge is 2.19. The van der Waals surface area contributed by atoms with Gasteiger partial charge in [0.2, 0.25) is 15.9 Å². The van der Waals surface area contributed by atoms with Crippen LogP contribution in [0.1, 0.15) is 0 Å². The van der Waals surface area contributed by atoms with E-state index >= 15 is 0 Å². The predicted octanol–water partition coefficient (Wildman–Crippen LogP) is 4.49. The van der Waals surface area contributed by atoms with Gasteiger partial charge in [-0.15, -0.1) is 0 Å². The van der Waals surface area contributed by atoms with E-state index < -0.39 is 16.1 Å². The molecule has 0 aliphatic rings. The molecule has 0 spiro atoms. The molecule has 0 radical (unpaired) electrons. The van der Waals surface area contributed by atoms with Crippen molar-refractivity contribution in [3.8, 4) is 34.0 Å². The molecule has 0 saturated carbocycles. The summed E-state index contributed by atoms with van der Waals surface area (Å²) in [4.78, 5) is 15.9. The Kier molecular flexibility index (Phi) is 6.16. The summed E-state index contributed by atoms with van der Waals surface area (Å²) in [5.74, 6) is 0.735. The molecule has 4 rings (SSSR count). The zero-order chi connectivity index (χ0) is 23.6. The molecule has 0 saturated heterocycles. The Morgan fingerprint density at radius 2 is 1.48 bits per heavy atom. The first-order chi connectivity index (χ1) is 15.7. The van der Waals surface area contributed by atoms with Crippen molar-refractivity contribution in [2.24, 2.45) is 5.14 Å². The van der Waals surface area contributed by atoms with Crippen LogP contribution in [0.4, 0.5) is 10.5 Å². The number of oxazole rings is 1. The SMILES string of the molecule is NS(=O)(=O)c1ccc(-c2oc(-c3ccc(NC(=O)NO)cc3)nc2-c2ccc(Cl)cc2)cc1. The Hall–Kier alpha value is -3.70. The fraction of sp³-hybridized carbons (Fsp3) is 0. The molecule has 1 heterocycles. The first-order valence-electron chi connectivity index (χ1n) is 9.46. The first kappa shape index (κ1) is 22.5. The molecule has 5 N–H and O–H groups in total. The van der Waals surface area contributed by atoms with Crippen LogP contribution in [0, 0.1) is 0 Å². The molecule has 0 fully saturated rings. The van der Waals surface area contributed by atoms with Gasteiger partial charge in [0, 0.05) is 27.4 Å². The number of nitrogens with two attached hydrogens (primary N) is 1. The Balaban J connectivity index is 1.77. The van der Waals surface area contributed by atoms with E-state index in [9.17, 15) is 13.2 Å². The van der Waals surface area contributed by atoms with Gasteiger partial charge in [-0.2, -0.15) is 0 Å². The summed E-state index contributed by atoms with van der Waals surface area (Å²) < 4.78 is 29.3. The van der Waals surface area contributed by atoms with Crippen LogP contribution in [-0.2, 0) is 10.0 Å². The molecule has 9 nitrogen and oxygen atoms in total. The van der Waals surface area contributed by atoms with E-state index in [1.54, 1.807) is 60.7 Å². The molecule has 2 amide bonds. The topological polar surface area (TPSA) is 148 Å². The van der Waals surface area contributed by atoms with Crippen molar-refractivity contribution in [1.29, 1.82) is 0 Å². The van der Waals surface area contributed by atoms with Crippen molar-refractivity contribution in [2.75, 3.05) is 5.32 Å². The second-order valence-corrected chi connectivity index (χ2v) is 8.91. The molecule has 0 bridgehead atoms. The van der Waals surface area contributed by atoms with E-state index in [1.165, 1.54) is 17.6 Å². The lowest BCUT2D eigenvalue weighted by molar-refractivity contribution is 0.172. The number of sulfonamides is 1. The molecule has 11 heteroatoms. The fourth-order valence-corrected chi connectivity index (χ4v) is 3.74. The Morgan fingerprint density at radius 3 is 2.06 bits per heavy atom. The summed E-state index contributed by atoms with van der Waals surface area (Å²) in [5.41, 5.74) is 4.46. The Bertz CT molecular complexity index is 1400. The van der Waals surface area contributed by atoms with Crippen molar-refractivity contribution in [2.45, 2.75) is 4.90 Å². The van der Waals surface area contributed by atoms with Crippen LogP contribution in [0.3, 0.4) is 0 Å². The summed E-state index contributed by atoms with van der Waals surface area (Å²) in [7, 11) is -3.83. The molecule has 33 heavy (non-hydrogen) atoms. The molecule has 0 unspecified atom stereocenters.